The van der Waals surface area contributed by atoms with Crippen molar-refractivity contribution in [2.45, 2.75) is 0 Å². The van der Waals surface area contributed by atoms with Gasteiger partial charge >= 0.3 is 11.9 Å². The Hall–Kier alpha value is -3.29. The van der Waals surface area contributed by atoms with Gasteiger partial charge in [-0.3, -0.25) is 20.2 Å². The van der Waals surface area contributed by atoms with E-state index in [2.05, 4.69) is 0 Å². The molecule has 0 aromatic heterocycles. The number of hydrogen-bond acceptors (Lipinski definition) is 7. The van der Waals surface area contributed by atoms with Gasteiger partial charge in [0.15, 0.2) is 0 Å². The molecule has 136 valence electrons. The minimum absolute atomic E-state index is 0.0752. The molecule has 0 bridgehead atoms. The number of nitrogens with two attached hydrogens (primary N) is 1. The summed E-state index contributed by atoms with van der Waals surface area (Å²) in [4.78, 5) is 40.3. The van der Waals surface area contributed by atoms with Crippen LogP contribution in [0.4, 0.5) is 17.1 Å². The molecule has 0 radical (unpaired) electrons. The number of nitro groups is 2. The third kappa shape index (κ3) is 5.37. The lowest BCUT2D eigenvalue weighted by Gasteiger charge is -1.98. The Bertz CT molecular complexity index is 826. The lowest BCUT2D eigenvalue weighted by molar-refractivity contribution is -0.385. The molecule has 2 aromatic carbocycles. The first kappa shape index (κ1) is 20.8. The van der Waals surface area contributed by atoms with E-state index in [4.69, 9.17) is 15.9 Å². The predicted octanol–water partition coefficient (Wildman–Crippen LogP) is 2.77. The predicted molar refractivity (Wildman–Crippen MR) is 97.2 cm³/mol. The van der Waals surface area contributed by atoms with Gasteiger partial charge in [0, 0.05) is 27.8 Å². The van der Waals surface area contributed by atoms with E-state index >= 15 is 0 Å². The van der Waals surface area contributed by atoms with Crippen molar-refractivity contribution >= 4 is 51.6 Å². The fourth-order valence-corrected chi connectivity index (χ4v) is 2.38. The standard InChI is InChI=1S/C7H4INO4.C7H6N2O4/c2*8-6-3-4(9(12)13)1-2-5(6)7(10)11/h1-3H,(H,10,11);1-3H,8H2,(H,10,11). The number of anilines is 1. The van der Waals surface area contributed by atoms with E-state index in [1.807, 2.05) is 0 Å². The highest BCUT2D eigenvalue weighted by molar-refractivity contribution is 14.1. The van der Waals surface area contributed by atoms with E-state index in [-0.39, 0.29) is 28.2 Å². The molecule has 4 N–H and O–H groups in total. The van der Waals surface area contributed by atoms with Crippen LogP contribution in [0.15, 0.2) is 36.4 Å². The van der Waals surface area contributed by atoms with E-state index in [9.17, 15) is 29.8 Å². The first-order chi connectivity index (χ1) is 12.0. The minimum atomic E-state index is -1.20. The van der Waals surface area contributed by atoms with Gasteiger partial charge in [0.05, 0.1) is 26.7 Å². The van der Waals surface area contributed by atoms with Crippen LogP contribution >= 0.6 is 22.6 Å². The van der Waals surface area contributed by atoms with Crippen LogP contribution in [-0.2, 0) is 0 Å². The smallest absolute Gasteiger partial charge is 0.337 e. The number of aromatic carboxylic acids is 2. The number of carboxylic acid groups (broad SMARTS) is 2. The van der Waals surface area contributed by atoms with Gasteiger partial charge in [0.1, 0.15) is 0 Å². The molecule has 0 spiro atoms. The van der Waals surface area contributed by atoms with E-state index in [0.29, 0.717) is 3.57 Å². The van der Waals surface area contributed by atoms with Crippen molar-refractivity contribution in [3.05, 3.63) is 71.3 Å². The lowest BCUT2D eigenvalue weighted by Crippen LogP contribution is -2.02. The molecule has 0 amide bonds. The van der Waals surface area contributed by atoms with Gasteiger partial charge in [-0.05, 0) is 34.7 Å². The summed E-state index contributed by atoms with van der Waals surface area (Å²) in [5, 5.41) is 37.7. The van der Waals surface area contributed by atoms with Crippen LogP contribution in [0.3, 0.4) is 0 Å². The van der Waals surface area contributed by atoms with Gasteiger partial charge in [-0.25, -0.2) is 9.59 Å². The van der Waals surface area contributed by atoms with Crippen LogP contribution < -0.4 is 5.73 Å². The highest BCUT2D eigenvalue weighted by Gasteiger charge is 2.13. The Kier molecular flexibility index (Phi) is 6.95. The molecule has 0 unspecified atom stereocenters. The molecular weight excluding hydrogens is 465 g/mol. The minimum Gasteiger partial charge on any atom is -0.478 e. The zero-order valence-corrected chi connectivity index (χ0v) is 14.8. The first-order valence-corrected chi connectivity index (χ1v) is 7.57. The molecule has 0 heterocycles. The number of hydrogen-bond donors (Lipinski definition) is 3. The van der Waals surface area contributed by atoms with Crippen LogP contribution in [0, 0.1) is 23.8 Å². The molecule has 0 saturated carbocycles. The maximum absolute atomic E-state index is 10.5. The van der Waals surface area contributed by atoms with Gasteiger partial charge in [0.25, 0.3) is 11.4 Å². The number of rotatable bonds is 4. The van der Waals surface area contributed by atoms with Gasteiger partial charge in [-0.15, -0.1) is 0 Å². The van der Waals surface area contributed by atoms with E-state index in [0.717, 1.165) is 18.2 Å². The van der Waals surface area contributed by atoms with Crippen LogP contribution in [0.5, 0.6) is 0 Å². The van der Waals surface area contributed by atoms with E-state index < -0.39 is 21.8 Å². The second kappa shape index (κ2) is 8.70. The third-order valence-corrected chi connectivity index (χ3v) is 3.76. The Morgan fingerprint density at radius 3 is 1.65 bits per heavy atom. The number of carboxylic acids is 2. The van der Waals surface area contributed by atoms with Gasteiger partial charge in [0.2, 0.25) is 0 Å². The Balaban J connectivity index is 0.000000260. The summed E-state index contributed by atoms with van der Waals surface area (Å²) < 4.78 is 0.360. The molecular formula is C14H10IN3O8. The summed E-state index contributed by atoms with van der Waals surface area (Å²) in [6, 6.07) is 6.84. The highest BCUT2D eigenvalue weighted by Crippen LogP contribution is 2.20. The average molecular weight is 475 g/mol. The normalized spacial score (nSPS) is 9.58. The first-order valence-electron chi connectivity index (χ1n) is 6.49. The zero-order chi connectivity index (χ0) is 20.0. The van der Waals surface area contributed by atoms with Crippen molar-refractivity contribution in [1.82, 2.24) is 0 Å². The van der Waals surface area contributed by atoms with E-state index in [1.165, 1.54) is 18.2 Å². The van der Waals surface area contributed by atoms with Gasteiger partial charge < -0.3 is 15.9 Å². The largest absolute Gasteiger partial charge is 0.478 e. The fraction of sp³-hybridized carbons (Fsp3) is 0. The number of benzene rings is 2. The van der Waals surface area contributed by atoms with E-state index in [1.54, 1.807) is 22.6 Å². The lowest BCUT2D eigenvalue weighted by atomic mass is 10.1. The monoisotopic (exact) mass is 475 g/mol. The van der Waals surface area contributed by atoms with Crippen LogP contribution in [-0.4, -0.2) is 32.0 Å². The molecule has 2 aromatic rings. The Morgan fingerprint density at radius 2 is 1.31 bits per heavy atom. The molecule has 26 heavy (non-hydrogen) atoms. The second-order valence-corrected chi connectivity index (χ2v) is 5.72. The summed E-state index contributed by atoms with van der Waals surface area (Å²) >= 11 is 1.75. The molecule has 0 aliphatic rings. The van der Waals surface area contributed by atoms with Crippen molar-refractivity contribution in [2.24, 2.45) is 0 Å². The van der Waals surface area contributed by atoms with Crippen molar-refractivity contribution in [2.75, 3.05) is 5.73 Å². The fourth-order valence-electron chi connectivity index (χ4n) is 1.65. The molecule has 0 fully saturated rings. The van der Waals surface area contributed by atoms with Crippen molar-refractivity contribution in [3.8, 4) is 0 Å². The zero-order valence-electron chi connectivity index (χ0n) is 12.7. The summed E-state index contributed by atoms with van der Waals surface area (Å²) in [6.07, 6.45) is 0. The molecule has 2 rings (SSSR count). The molecule has 0 aliphatic heterocycles. The maximum atomic E-state index is 10.5. The number of nitro benzene ring substituents is 2. The van der Waals surface area contributed by atoms with Crippen LogP contribution in [0.25, 0.3) is 0 Å². The van der Waals surface area contributed by atoms with Gasteiger partial charge in [-0.1, -0.05) is 0 Å². The number of nitrogens with zero attached hydrogens (tertiary/aromatic N) is 2. The number of non-ortho nitro benzene ring substituents is 2. The summed E-state index contributed by atoms with van der Waals surface area (Å²) in [5.74, 6) is -2.29. The van der Waals surface area contributed by atoms with Crippen LogP contribution in [0.1, 0.15) is 20.7 Å². The average Bonchev–Trinajstić information content (AvgIpc) is 2.54. The Morgan fingerprint density at radius 1 is 0.885 bits per heavy atom. The molecule has 11 nitrogen and oxygen atoms in total. The number of halogens is 1. The summed E-state index contributed by atoms with van der Waals surface area (Å²) in [7, 11) is 0. The molecule has 0 aliphatic carbocycles. The van der Waals surface area contributed by atoms with Crippen molar-refractivity contribution < 1.29 is 29.6 Å². The maximum Gasteiger partial charge on any atom is 0.337 e. The van der Waals surface area contributed by atoms with Gasteiger partial charge in [-0.2, -0.15) is 0 Å². The molecule has 0 atom stereocenters. The third-order valence-electron chi connectivity index (χ3n) is 2.87. The number of nitrogen functional groups attached to an aromatic ring is 1. The summed E-state index contributed by atoms with van der Waals surface area (Å²) in [5.41, 5.74) is 4.78. The van der Waals surface area contributed by atoms with Crippen molar-refractivity contribution in [1.29, 1.82) is 0 Å². The quantitative estimate of drug-likeness (QED) is 0.259. The molecule has 12 heteroatoms. The highest BCUT2D eigenvalue weighted by atomic mass is 127. The Labute approximate surface area is 158 Å². The summed E-state index contributed by atoms with van der Waals surface area (Å²) in [6.45, 7) is 0. The van der Waals surface area contributed by atoms with Crippen molar-refractivity contribution in [3.63, 3.8) is 0 Å². The molecule has 0 saturated heterocycles. The second-order valence-electron chi connectivity index (χ2n) is 4.56. The SMILES string of the molecule is Nc1cc([N+](=O)[O-])ccc1C(=O)O.O=C(O)c1ccc([N+](=O)[O-])cc1I. The number of carbonyl (C=O) groups is 2. The topological polar surface area (TPSA) is 187 Å². The van der Waals surface area contributed by atoms with Crippen LogP contribution in [0.2, 0.25) is 0 Å².